The summed E-state index contributed by atoms with van der Waals surface area (Å²) in [4.78, 5) is 28.2. The molecular formula is C18H12Cl2N2O3S. The summed E-state index contributed by atoms with van der Waals surface area (Å²) in [7, 11) is 0. The second-order valence-electron chi connectivity index (χ2n) is 5.47. The molecule has 132 valence electrons. The number of nitrogens with zero attached hydrogens (tertiary/aromatic N) is 1. The molecule has 0 saturated carbocycles. The van der Waals surface area contributed by atoms with Crippen LogP contribution in [-0.4, -0.2) is 22.2 Å². The summed E-state index contributed by atoms with van der Waals surface area (Å²) in [6, 6.07) is 9.82. The van der Waals surface area contributed by atoms with E-state index in [1.54, 1.807) is 36.4 Å². The summed E-state index contributed by atoms with van der Waals surface area (Å²) in [5.74, 6) is -1.41. The van der Waals surface area contributed by atoms with Gasteiger partial charge in [-0.3, -0.25) is 4.79 Å². The second-order valence-corrected chi connectivity index (χ2v) is 7.35. The zero-order valence-electron chi connectivity index (χ0n) is 13.4. The molecule has 2 aromatic rings. The van der Waals surface area contributed by atoms with Gasteiger partial charge < -0.3 is 10.4 Å². The molecule has 1 amide bonds. The number of aryl methyl sites for hydroxylation is 1. The van der Waals surface area contributed by atoms with Gasteiger partial charge >= 0.3 is 5.97 Å². The van der Waals surface area contributed by atoms with Crippen molar-refractivity contribution in [2.24, 2.45) is 4.99 Å². The van der Waals surface area contributed by atoms with Crippen LogP contribution in [0.5, 0.6) is 0 Å². The zero-order chi connectivity index (χ0) is 18.8. The molecule has 0 atom stereocenters. The number of amidine groups is 1. The molecule has 0 bridgehead atoms. The monoisotopic (exact) mass is 406 g/mol. The minimum absolute atomic E-state index is 0.0659. The Bertz CT molecular complexity index is 986. The first-order valence-corrected chi connectivity index (χ1v) is 8.99. The van der Waals surface area contributed by atoms with Gasteiger partial charge in [0, 0.05) is 10.0 Å². The molecule has 8 heteroatoms. The smallest absolute Gasteiger partial charge is 0.337 e. The maximum Gasteiger partial charge on any atom is 0.337 e. The number of carboxylic acid groups (broad SMARTS) is 1. The number of hydrogen-bond acceptors (Lipinski definition) is 4. The van der Waals surface area contributed by atoms with Crippen molar-refractivity contribution in [1.82, 2.24) is 5.32 Å². The highest BCUT2D eigenvalue weighted by Gasteiger charge is 2.25. The molecule has 1 saturated heterocycles. The van der Waals surface area contributed by atoms with E-state index in [1.165, 1.54) is 6.07 Å². The van der Waals surface area contributed by atoms with Crippen molar-refractivity contribution in [3.63, 3.8) is 0 Å². The lowest BCUT2D eigenvalue weighted by molar-refractivity contribution is -0.115. The molecule has 2 aromatic carbocycles. The van der Waals surface area contributed by atoms with Gasteiger partial charge in [-0.15, -0.1) is 0 Å². The van der Waals surface area contributed by atoms with Crippen LogP contribution in [0.25, 0.3) is 6.08 Å². The first-order chi connectivity index (χ1) is 12.3. The fourth-order valence-electron chi connectivity index (χ4n) is 2.26. The summed E-state index contributed by atoms with van der Waals surface area (Å²) in [5, 5.41) is 13.1. The highest BCUT2D eigenvalue weighted by Crippen LogP contribution is 2.31. The number of carbonyl (C=O) groups is 2. The van der Waals surface area contributed by atoms with Crippen molar-refractivity contribution >= 4 is 63.8 Å². The van der Waals surface area contributed by atoms with Crippen LogP contribution < -0.4 is 5.32 Å². The predicted octanol–water partition coefficient (Wildman–Crippen LogP) is 4.89. The Hall–Kier alpha value is -2.28. The first kappa shape index (κ1) is 18.5. The molecule has 5 nitrogen and oxygen atoms in total. The minimum atomic E-state index is -1.08. The molecule has 0 aliphatic carbocycles. The number of amides is 1. The van der Waals surface area contributed by atoms with Gasteiger partial charge in [-0.05, 0) is 60.2 Å². The predicted molar refractivity (Wildman–Crippen MR) is 105 cm³/mol. The van der Waals surface area contributed by atoms with E-state index < -0.39 is 5.97 Å². The van der Waals surface area contributed by atoms with Gasteiger partial charge in [-0.25, -0.2) is 9.79 Å². The molecule has 26 heavy (non-hydrogen) atoms. The number of aliphatic imine (C=N–C) groups is 1. The first-order valence-electron chi connectivity index (χ1n) is 7.42. The van der Waals surface area contributed by atoms with Crippen molar-refractivity contribution in [1.29, 1.82) is 0 Å². The van der Waals surface area contributed by atoms with Crippen LogP contribution in [0.1, 0.15) is 21.5 Å². The Morgan fingerprint density at radius 3 is 2.69 bits per heavy atom. The number of hydrogen-bond donors (Lipinski definition) is 2. The topological polar surface area (TPSA) is 78.8 Å². The third-order valence-electron chi connectivity index (χ3n) is 3.51. The lowest BCUT2D eigenvalue weighted by atomic mass is 10.1. The number of benzene rings is 2. The molecule has 1 aliphatic heterocycles. The fourth-order valence-corrected chi connectivity index (χ4v) is 3.55. The molecule has 0 radical (unpaired) electrons. The summed E-state index contributed by atoms with van der Waals surface area (Å²) >= 11 is 13.1. The third kappa shape index (κ3) is 4.09. The quantitative estimate of drug-likeness (QED) is 0.710. The molecule has 1 aliphatic rings. The van der Waals surface area contributed by atoms with Crippen molar-refractivity contribution in [3.8, 4) is 0 Å². The van der Waals surface area contributed by atoms with Crippen LogP contribution in [0.2, 0.25) is 10.0 Å². The number of halogens is 2. The highest BCUT2D eigenvalue weighted by atomic mass is 35.5. The Labute approximate surface area is 163 Å². The number of carboxylic acids is 1. The van der Waals surface area contributed by atoms with E-state index in [-0.39, 0.29) is 17.2 Å². The van der Waals surface area contributed by atoms with Crippen LogP contribution in [-0.2, 0) is 4.79 Å². The molecule has 1 fully saturated rings. The van der Waals surface area contributed by atoms with E-state index in [0.29, 0.717) is 25.7 Å². The van der Waals surface area contributed by atoms with Gasteiger partial charge in [-0.1, -0.05) is 35.3 Å². The van der Waals surface area contributed by atoms with E-state index in [4.69, 9.17) is 23.2 Å². The lowest BCUT2D eigenvalue weighted by Gasteiger charge is -2.03. The Balaban J connectivity index is 1.93. The molecule has 2 N–H and O–H groups in total. The van der Waals surface area contributed by atoms with Gasteiger partial charge in [0.1, 0.15) is 0 Å². The molecule has 0 spiro atoms. The fraction of sp³-hybridized carbons (Fsp3) is 0.0556. The van der Waals surface area contributed by atoms with Gasteiger partial charge in [0.2, 0.25) is 0 Å². The van der Waals surface area contributed by atoms with E-state index in [0.717, 1.165) is 17.3 Å². The second kappa shape index (κ2) is 7.53. The van der Waals surface area contributed by atoms with E-state index in [2.05, 4.69) is 10.3 Å². The van der Waals surface area contributed by atoms with Crippen LogP contribution >= 0.6 is 35.0 Å². The van der Waals surface area contributed by atoms with Crippen LogP contribution in [0.15, 0.2) is 46.3 Å². The lowest BCUT2D eigenvalue weighted by Crippen LogP contribution is -2.19. The van der Waals surface area contributed by atoms with Gasteiger partial charge in [0.25, 0.3) is 5.91 Å². The average molecular weight is 407 g/mol. The molecule has 0 aromatic heterocycles. The highest BCUT2D eigenvalue weighted by molar-refractivity contribution is 8.18. The van der Waals surface area contributed by atoms with E-state index in [1.807, 2.05) is 6.92 Å². The SMILES string of the molecule is Cc1ccc(C(=O)O)c(N=C2NC(=O)/C(=C/c3ccc(Cl)cc3Cl)S2)c1. The largest absolute Gasteiger partial charge is 0.478 e. The summed E-state index contributed by atoms with van der Waals surface area (Å²) in [6.07, 6.45) is 1.63. The molecule has 1 heterocycles. The van der Waals surface area contributed by atoms with Crippen molar-refractivity contribution in [3.05, 3.63) is 68.0 Å². The Morgan fingerprint density at radius 1 is 1.23 bits per heavy atom. The number of aromatic carboxylic acids is 1. The summed E-state index contributed by atoms with van der Waals surface area (Å²) in [5.41, 5.74) is 1.87. The molecular weight excluding hydrogens is 395 g/mol. The van der Waals surface area contributed by atoms with Crippen molar-refractivity contribution in [2.75, 3.05) is 0 Å². The zero-order valence-corrected chi connectivity index (χ0v) is 15.7. The normalized spacial score (nSPS) is 17.0. The standard InChI is InChI=1S/C18H12Cl2N2O3S/c1-9-2-5-12(17(24)25)14(6-9)21-18-22-16(23)15(26-18)7-10-3-4-11(19)8-13(10)20/h2-8H,1H3,(H,24,25)(H,21,22,23)/b15-7-. The maximum atomic E-state index is 12.2. The number of rotatable bonds is 3. The van der Waals surface area contributed by atoms with Crippen molar-refractivity contribution < 1.29 is 14.7 Å². The van der Waals surface area contributed by atoms with E-state index in [9.17, 15) is 14.7 Å². The van der Waals surface area contributed by atoms with Gasteiger partial charge in [0.05, 0.1) is 16.2 Å². The third-order valence-corrected chi connectivity index (χ3v) is 4.98. The number of carbonyl (C=O) groups excluding carboxylic acids is 1. The van der Waals surface area contributed by atoms with Crippen LogP contribution in [0, 0.1) is 6.92 Å². The Kier molecular flexibility index (Phi) is 5.36. The minimum Gasteiger partial charge on any atom is -0.478 e. The summed E-state index contributed by atoms with van der Waals surface area (Å²) < 4.78 is 0. The molecule has 3 rings (SSSR count). The molecule has 0 unspecified atom stereocenters. The van der Waals surface area contributed by atoms with Crippen LogP contribution in [0.3, 0.4) is 0 Å². The summed E-state index contributed by atoms with van der Waals surface area (Å²) in [6.45, 7) is 1.84. The average Bonchev–Trinajstić information content (AvgIpc) is 2.89. The van der Waals surface area contributed by atoms with Crippen LogP contribution in [0.4, 0.5) is 5.69 Å². The van der Waals surface area contributed by atoms with Gasteiger partial charge in [-0.2, -0.15) is 0 Å². The van der Waals surface area contributed by atoms with E-state index >= 15 is 0 Å². The van der Waals surface area contributed by atoms with Gasteiger partial charge in [0.15, 0.2) is 5.17 Å². The number of thioether (sulfide) groups is 1. The van der Waals surface area contributed by atoms with Crippen molar-refractivity contribution in [2.45, 2.75) is 6.92 Å². The Morgan fingerprint density at radius 2 is 2.00 bits per heavy atom. The number of nitrogens with one attached hydrogen (secondary N) is 1. The maximum absolute atomic E-state index is 12.2.